The Kier molecular flexibility index (Phi) is 2.48. The molecule has 0 radical (unpaired) electrons. The predicted octanol–water partition coefficient (Wildman–Crippen LogP) is 2.62. The molecule has 0 atom stereocenters. The van der Waals surface area contributed by atoms with Crippen molar-refractivity contribution in [2.24, 2.45) is 0 Å². The number of aromatic carboxylic acids is 1. The molecule has 2 rings (SSSR count). The van der Waals surface area contributed by atoms with Gasteiger partial charge in [0.1, 0.15) is 11.5 Å². The van der Waals surface area contributed by atoms with E-state index in [4.69, 9.17) is 5.11 Å². The molecule has 1 aromatic heterocycles. The minimum Gasteiger partial charge on any atom is -0.477 e. The SMILES string of the molecule is Cc1cc(-n2cccc2C(=O)O)ccc1F. The highest BCUT2D eigenvalue weighted by Crippen LogP contribution is 2.16. The van der Waals surface area contributed by atoms with Crippen molar-refractivity contribution in [2.45, 2.75) is 6.92 Å². The minimum absolute atomic E-state index is 0.158. The summed E-state index contributed by atoms with van der Waals surface area (Å²) in [4.78, 5) is 10.9. The lowest BCUT2D eigenvalue weighted by molar-refractivity contribution is 0.0688. The number of carboxylic acids is 1. The Balaban J connectivity index is 2.54. The van der Waals surface area contributed by atoms with Crippen LogP contribution in [0.2, 0.25) is 0 Å². The Hall–Kier alpha value is -2.10. The summed E-state index contributed by atoms with van der Waals surface area (Å²) in [6.07, 6.45) is 1.64. The fraction of sp³-hybridized carbons (Fsp3) is 0.0833. The van der Waals surface area contributed by atoms with Crippen LogP contribution >= 0.6 is 0 Å². The summed E-state index contributed by atoms with van der Waals surface area (Å²) in [5.74, 6) is -1.31. The zero-order valence-corrected chi connectivity index (χ0v) is 8.64. The maximum absolute atomic E-state index is 13.1. The molecule has 1 aromatic carbocycles. The Bertz CT molecular complexity index is 546. The van der Waals surface area contributed by atoms with E-state index in [1.807, 2.05) is 0 Å². The topological polar surface area (TPSA) is 42.2 Å². The van der Waals surface area contributed by atoms with Crippen molar-refractivity contribution in [3.05, 3.63) is 53.6 Å². The Labute approximate surface area is 91.8 Å². The van der Waals surface area contributed by atoms with E-state index >= 15 is 0 Å². The average Bonchev–Trinajstić information content (AvgIpc) is 2.71. The molecular weight excluding hydrogens is 209 g/mol. The molecule has 0 bridgehead atoms. The Morgan fingerprint density at radius 3 is 2.75 bits per heavy atom. The van der Waals surface area contributed by atoms with E-state index in [1.165, 1.54) is 16.7 Å². The first-order valence-corrected chi connectivity index (χ1v) is 4.77. The molecule has 1 N–H and O–H groups in total. The summed E-state index contributed by atoms with van der Waals surface area (Å²) in [7, 11) is 0. The van der Waals surface area contributed by atoms with Crippen LogP contribution in [0.1, 0.15) is 16.1 Å². The lowest BCUT2D eigenvalue weighted by Crippen LogP contribution is -2.05. The number of aromatic nitrogens is 1. The molecule has 1 heterocycles. The van der Waals surface area contributed by atoms with Gasteiger partial charge in [0.15, 0.2) is 0 Å². The number of benzene rings is 1. The minimum atomic E-state index is -1.01. The summed E-state index contributed by atoms with van der Waals surface area (Å²) >= 11 is 0. The van der Waals surface area contributed by atoms with Crippen molar-refractivity contribution in [1.29, 1.82) is 0 Å². The van der Waals surface area contributed by atoms with E-state index in [1.54, 1.807) is 31.3 Å². The number of aryl methyl sites for hydroxylation is 1. The molecule has 0 aliphatic rings. The second-order valence-corrected chi connectivity index (χ2v) is 3.50. The third kappa shape index (κ3) is 1.69. The molecule has 0 aliphatic heterocycles. The maximum Gasteiger partial charge on any atom is 0.352 e. The van der Waals surface area contributed by atoms with E-state index in [0.717, 1.165) is 0 Å². The van der Waals surface area contributed by atoms with E-state index in [0.29, 0.717) is 11.3 Å². The standard InChI is InChI=1S/C12H10FNO2/c1-8-7-9(4-5-10(8)13)14-6-2-3-11(14)12(15)16/h2-7H,1H3,(H,15,16). The van der Waals surface area contributed by atoms with Crippen molar-refractivity contribution < 1.29 is 14.3 Å². The number of carboxylic acid groups (broad SMARTS) is 1. The van der Waals surface area contributed by atoms with Gasteiger partial charge in [0.05, 0.1) is 0 Å². The second kappa shape index (κ2) is 3.81. The van der Waals surface area contributed by atoms with Crippen molar-refractivity contribution in [1.82, 2.24) is 4.57 Å². The van der Waals surface area contributed by atoms with Gasteiger partial charge >= 0.3 is 5.97 Å². The van der Waals surface area contributed by atoms with Gasteiger partial charge in [-0.05, 0) is 42.8 Å². The third-order valence-corrected chi connectivity index (χ3v) is 2.39. The molecule has 0 saturated heterocycles. The zero-order valence-electron chi connectivity index (χ0n) is 8.64. The summed E-state index contributed by atoms with van der Waals surface area (Å²) in [5, 5.41) is 8.94. The van der Waals surface area contributed by atoms with Crippen molar-refractivity contribution in [2.75, 3.05) is 0 Å². The predicted molar refractivity (Wildman–Crippen MR) is 57.4 cm³/mol. The van der Waals surface area contributed by atoms with Gasteiger partial charge in [-0.1, -0.05) is 0 Å². The monoisotopic (exact) mass is 219 g/mol. The average molecular weight is 219 g/mol. The number of rotatable bonds is 2. The van der Waals surface area contributed by atoms with Crippen LogP contribution in [0.4, 0.5) is 4.39 Å². The van der Waals surface area contributed by atoms with Gasteiger partial charge in [0.25, 0.3) is 0 Å². The summed E-state index contributed by atoms with van der Waals surface area (Å²) in [5.41, 5.74) is 1.29. The van der Waals surface area contributed by atoms with Crippen molar-refractivity contribution in [3.63, 3.8) is 0 Å². The molecule has 0 aliphatic carbocycles. The van der Waals surface area contributed by atoms with Crippen LogP contribution in [0.5, 0.6) is 0 Å². The van der Waals surface area contributed by atoms with Crippen LogP contribution in [0.15, 0.2) is 36.5 Å². The Morgan fingerprint density at radius 1 is 1.38 bits per heavy atom. The molecule has 0 spiro atoms. The van der Waals surface area contributed by atoms with Crippen LogP contribution < -0.4 is 0 Å². The van der Waals surface area contributed by atoms with Gasteiger partial charge in [-0.3, -0.25) is 0 Å². The fourth-order valence-electron chi connectivity index (χ4n) is 1.56. The second-order valence-electron chi connectivity index (χ2n) is 3.50. The van der Waals surface area contributed by atoms with E-state index < -0.39 is 5.97 Å². The van der Waals surface area contributed by atoms with Crippen LogP contribution in [-0.2, 0) is 0 Å². The van der Waals surface area contributed by atoms with Crippen LogP contribution in [0.3, 0.4) is 0 Å². The zero-order chi connectivity index (χ0) is 11.7. The summed E-state index contributed by atoms with van der Waals surface area (Å²) < 4.78 is 14.6. The normalized spacial score (nSPS) is 10.4. The van der Waals surface area contributed by atoms with Gasteiger partial charge in [0.2, 0.25) is 0 Å². The highest BCUT2D eigenvalue weighted by atomic mass is 19.1. The van der Waals surface area contributed by atoms with Crippen LogP contribution in [0, 0.1) is 12.7 Å². The highest BCUT2D eigenvalue weighted by Gasteiger charge is 2.10. The largest absolute Gasteiger partial charge is 0.477 e. The first kappa shape index (κ1) is 10.4. The molecular formula is C12H10FNO2. The number of carbonyl (C=O) groups is 1. The van der Waals surface area contributed by atoms with Gasteiger partial charge in [0, 0.05) is 11.9 Å². The first-order chi connectivity index (χ1) is 7.59. The number of hydrogen-bond donors (Lipinski definition) is 1. The van der Waals surface area contributed by atoms with Crippen molar-refractivity contribution >= 4 is 5.97 Å². The molecule has 0 amide bonds. The van der Waals surface area contributed by atoms with E-state index in [9.17, 15) is 9.18 Å². The lowest BCUT2D eigenvalue weighted by Gasteiger charge is -2.07. The molecule has 2 aromatic rings. The van der Waals surface area contributed by atoms with Gasteiger partial charge in [-0.25, -0.2) is 9.18 Å². The Morgan fingerprint density at radius 2 is 2.12 bits per heavy atom. The highest BCUT2D eigenvalue weighted by molar-refractivity contribution is 5.86. The van der Waals surface area contributed by atoms with Gasteiger partial charge in [-0.15, -0.1) is 0 Å². The summed E-state index contributed by atoms with van der Waals surface area (Å²) in [6, 6.07) is 7.63. The van der Waals surface area contributed by atoms with Crippen molar-refractivity contribution in [3.8, 4) is 5.69 Å². The molecule has 0 saturated carbocycles. The molecule has 0 fully saturated rings. The molecule has 0 unspecified atom stereocenters. The van der Waals surface area contributed by atoms with Gasteiger partial charge in [-0.2, -0.15) is 0 Å². The first-order valence-electron chi connectivity index (χ1n) is 4.77. The van der Waals surface area contributed by atoms with E-state index in [2.05, 4.69) is 0 Å². The van der Waals surface area contributed by atoms with Crippen LogP contribution in [-0.4, -0.2) is 15.6 Å². The number of nitrogens with zero attached hydrogens (tertiary/aromatic N) is 1. The third-order valence-electron chi connectivity index (χ3n) is 2.39. The molecule has 3 nitrogen and oxygen atoms in total. The fourth-order valence-corrected chi connectivity index (χ4v) is 1.56. The lowest BCUT2D eigenvalue weighted by atomic mass is 10.2. The van der Waals surface area contributed by atoms with Gasteiger partial charge < -0.3 is 9.67 Å². The van der Waals surface area contributed by atoms with E-state index in [-0.39, 0.29) is 11.5 Å². The smallest absolute Gasteiger partial charge is 0.352 e. The number of hydrogen-bond acceptors (Lipinski definition) is 1. The molecule has 4 heteroatoms. The molecule has 16 heavy (non-hydrogen) atoms. The number of halogens is 1. The summed E-state index contributed by atoms with van der Waals surface area (Å²) in [6.45, 7) is 1.64. The van der Waals surface area contributed by atoms with Crippen LogP contribution in [0.25, 0.3) is 5.69 Å². The molecule has 82 valence electrons. The quantitative estimate of drug-likeness (QED) is 0.843. The maximum atomic E-state index is 13.1.